The molecule has 1 saturated heterocycles. The third-order valence-corrected chi connectivity index (χ3v) is 5.18. The summed E-state index contributed by atoms with van der Waals surface area (Å²) in [6.07, 6.45) is 0.474. The van der Waals surface area contributed by atoms with Crippen molar-refractivity contribution in [2.24, 2.45) is 5.92 Å². The topological polar surface area (TPSA) is 77.8 Å². The van der Waals surface area contributed by atoms with Gasteiger partial charge in [-0.25, -0.2) is 4.79 Å². The minimum Gasteiger partial charge on any atom is -0.477 e. The van der Waals surface area contributed by atoms with Crippen molar-refractivity contribution in [2.75, 3.05) is 0 Å². The molecule has 1 aromatic rings. The Labute approximate surface area is 132 Å². The summed E-state index contributed by atoms with van der Waals surface area (Å²) < 4.78 is 0. The van der Waals surface area contributed by atoms with E-state index in [9.17, 15) is 19.8 Å². The maximum Gasteiger partial charge on any atom is 0.353 e. The first kappa shape index (κ1) is 15.1. The van der Waals surface area contributed by atoms with Crippen LogP contribution in [0.5, 0.6) is 0 Å². The SMILES string of the molecule is CC(C)(O)C1C(=O)N2C(C(=O)O)=C(Sc3ccccc3)CC12. The lowest BCUT2D eigenvalue weighted by atomic mass is 9.76. The molecule has 3 rings (SSSR count). The number of aliphatic carboxylic acids is 1. The summed E-state index contributed by atoms with van der Waals surface area (Å²) >= 11 is 1.37. The van der Waals surface area contributed by atoms with Crippen molar-refractivity contribution in [1.82, 2.24) is 4.90 Å². The van der Waals surface area contributed by atoms with Crippen molar-refractivity contribution in [2.45, 2.75) is 36.8 Å². The number of aliphatic hydroxyl groups is 1. The predicted octanol–water partition coefficient (Wildman–Crippen LogP) is 2.08. The zero-order valence-corrected chi connectivity index (χ0v) is 13.1. The smallest absolute Gasteiger partial charge is 0.353 e. The molecule has 2 N–H and O–H groups in total. The fourth-order valence-corrected chi connectivity index (χ4v) is 4.28. The zero-order chi connectivity index (χ0) is 16.1. The fraction of sp³-hybridized carbons (Fsp3) is 0.375. The average molecular weight is 319 g/mol. The Morgan fingerprint density at radius 2 is 1.95 bits per heavy atom. The Morgan fingerprint density at radius 1 is 1.32 bits per heavy atom. The number of hydrogen-bond acceptors (Lipinski definition) is 4. The second kappa shape index (κ2) is 5.14. The molecule has 2 atom stereocenters. The van der Waals surface area contributed by atoms with Crippen LogP contribution in [0, 0.1) is 5.92 Å². The van der Waals surface area contributed by atoms with Crippen LogP contribution in [0.3, 0.4) is 0 Å². The molecule has 1 fully saturated rings. The third kappa shape index (κ3) is 2.32. The quantitative estimate of drug-likeness (QED) is 0.831. The van der Waals surface area contributed by atoms with Gasteiger partial charge in [0.15, 0.2) is 0 Å². The van der Waals surface area contributed by atoms with E-state index in [-0.39, 0.29) is 17.6 Å². The Balaban J connectivity index is 1.91. The Morgan fingerprint density at radius 3 is 2.50 bits per heavy atom. The van der Waals surface area contributed by atoms with Gasteiger partial charge in [0, 0.05) is 16.2 Å². The maximum atomic E-state index is 12.3. The fourth-order valence-electron chi connectivity index (χ4n) is 3.17. The van der Waals surface area contributed by atoms with Crippen LogP contribution in [0.4, 0.5) is 0 Å². The molecule has 2 aliphatic rings. The summed E-state index contributed by atoms with van der Waals surface area (Å²) in [4.78, 5) is 26.8. The van der Waals surface area contributed by atoms with Crippen LogP contribution in [-0.4, -0.2) is 38.6 Å². The van der Waals surface area contributed by atoms with E-state index in [4.69, 9.17) is 0 Å². The lowest BCUT2D eigenvalue weighted by molar-refractivity contribution is -0.169. The molecule has 0 bridgehead atoms. The van der Waals surface area contributed by atoms with Crippen LogP contribution in [0.15, 0.2) is 45.8 Å². The van der Waals surface area contributed by atoms with Gasteiger partial charge in [-0.2, -0.15) is 0 Å². The van der Waals surface area contributed by atoms with E-state index in [0.717, 1.165) is 4.90 Å². The van der Waals surface area contributed by atoms with Crippen LogP contribution in [-0.2, 0) is 9.59 Å². The summed E-state index contributed by atoms with van der Waals surface area (Å²) in [7, 11) is 0. The number of carboxylic acid groups (broad SMARTS) is 1. The summed E-state index contributed by atoms with van der Waals surface area (Å²) in [5.41, 5.74) is -1.08. The number of thioether (sulfide) groups is 1. The van der Waals surface area contributed by atoms with Gasteiger partial charge < -0.3 is 15.1 Å². The number of benzene rings is 1. The molecule has 0 aliphatic carbocycles. The van der Waals surface area contributed by atoms with Crippen molar-refractivity contribution in [1.29, 1.82) is 0 Å². The molecule has 0 radical (unpaired) electrons. The van der Waals surface area contributed by atoms with Crippen LogP contribution in [0.1, 0.15) is 20.3 Å². The number of nitrogens with zero attached hydrogens (tertiary/aromatic N) is 1. The maximum absolute atomic E-state index is 12.3. The van der Waals surface area contributed by atoms with E-state index >= 15 is 0 Å². The van der Waals surface area contributed by atoms with E-state index in [1.165, 1.54) is 16.7 Å². The molecule has 5 nitrogen and oxygen atoms in total. The standard InChI is InChI=1S/C16H17NO4S/c1-16(2,21)12-10-8-11(22-9-6-4-3-5-7-9)13(15(19)20)17(10)14(12)18/h3-7,10,12,21H,8H2,1-2H3,(H,19,20). The van der Waals surface area contributed by atoms with Gasteiger partial charge in [-0.1, -0.05) is 30.0 Å². The normalized spacial score (nSPS) is 24.3. The average Bonchev–Trinajstić information content (AvgIpc) is 2.72. The van der Waals surface area contributed by atoms with Crippen molar-refractivity contribution < 1.29 is 19.8 Å². The Kier molecular flexibility index (Phi) is 3.53. The number of rotatable bonds is 4. The van der Waals surface area contributed by atoms with Gasteiger partial charge in [0.2, 0.25) is 5.91 Å². The molecular weight excluding hydrogens is 302 g/mol. The van der Waals surface area contributed by atoms with Crippen molar-refractivity contribution in [3.8, 4) is 0 Å². The number of carbonyl (C=O) groups is 2. The number of carbonyl (C=O) groups excluding carboxylic acids is 1. The van der Waals surface area contributed by atoms with Crippen molar-refractivity contribution in [3.05, 3.63) is 40.9 Å². The summed E-state index contributed by atoms with van der Waals surface area (Å²) in [6.45, 7) is 3.19. The molecule has 2 aliphatic heterocycles. The monoisotopic (exact) mass is 319 g/mol. The Bertz CT molecular complexity index is 662. The second-order valence-corrected chi connectivity index (χ2v) is 7.27. The van der Waals surface area contributed by atoms with Crippen LogP contribution < -0.4 is 0 Å². The van der Waals surface area contributed by atoms with Crippen LogP contribution in [0.25, 0.3) is 0 Å². The molecule has 22 heavy (non-hydrogen) atoms. The van der Waals surface area contributed by atoms with Gasteiger partial charge in [0.05, 0.1) is 17.6 Å². The molecule has 1 aromatic carbocycles. The summed E-state index contributed by atoms with van der Waals surface area (Å²) in [6, 6.07) is 9.22. The molecule has 0 aromatic heterocycles. The highest BCUT2D eigenvalue weighted by Crippen LogP contribution is 2.50. The number of β-lactam (4-membered cyclic amide) rings is 1. The van der Waals surface area contributed by atoms with Gasteiger partial charge in [-0.3, -0.25) is 4.79 Å². The summed E-state index contributed by atoms with van der Waals surface area (Å²) in [5, 5.41) is 19.6. The van der Waals surface area contributed by atoms with E-state index in [0.29, 0.717) is 11.3 Å². The number of carboxylic acids is 1. The van der Waals surface area contributed by atoms with Crippen molar-refractivity contribution >= 4 is 23.6 Å². The minimum atomic E-state index is -1.14. The second-order valence-electron chi connectivity index (χ2n) is 6.10. The lowest BCUT2D eigenvalue weighted by Gasteiger charge is -2.48. The first-order valence-electron chi connectivity index (χ1n) is 7.05. The minimum absolute atomic E-state index is 0.0596. The van der Waals surface area contributed by atoms with Crippen LogP contribution >= 0.6 is 11.8 Å². The molecule has 2 heterocycles. The number of amides is 1. The third-order valence-electron chi connectivity index (χ3n) is 4.07. The highest BCUT2D eigenvalue weighted by Gasteiger charge is 2.59. The van der Waals surface area contributed by atoms with E-state index in [1.807, 2.05) is 30.3 Å². The first-order chi connectivity index (χ1) is 10.3. The van der Waals surface area contributed by atoms with Crippen molar-refractivity contribution in [3.63, 3.8) is 0 Å². The highest BCUT2D eigenvalue weighted by molar-refractivity contribution is 8.03. The van der Waals surface area contributed by atoms with E-state index in [2.05, 4.69) is 0 Å². The Hall–Kier alpha value is -1.79. The zero-order valence-electron chi connectivity index (χ0n) is 12.3. The van der Waals surface area contributed by atoms with Gasteiger partial charge in [-0.05, 0) is 26.0 Å². The number of hydrogen-bond donors (Lipinski definition) is 2. The molecule has 116 valence electrons. The largest absolute Gasteiger partial charge is 0.477 e. The van der Waals surface area contributed by atoms with Gasteiger partial charge >= 0.3 is 5.97 Å². The molecule has 1 amide bonds. The predicted molar refractivity (Wildman–Crippen MR) is 82.0 cm³/mol. The van der Waals surface area contributed by atoms with E-state index in [1.54, 1.807) is 13.8 Å². The molecule has 0 spiro atoms. The molecule has 0 saturated carbocycles. The molecule has 6 heteroatoms. The van der Waals surface area contributed by atoms with Crippen LogP contribution in [0.2, 0.25) is 0 Å². The van der Waals surface area contributed by atoms with Gasteiger partial charge in [0.25, 0.3) is 0 Å². The number of fused-ring (bicyclic) bond motifs is 1. The van der Waals surface area contributed by atoms with Gasteiger partial charge in [-0.15, -0.1) is 0 Å². The summed E-state index contributed by atoms with van der Waals surface area (Å²) in [5.74, 6) is -1.95. The van der Waals surface area contributed by atoms with E-state index < -0.39 is 17.5 Å². The molecule has 2 unspecified atom stereocenters. The highest BCUT2D eigenvalue weighted by atomic mass is 32.2. The van der Waals surface area contributed by atoms with Gasteiger partial charge in [0.1, 0.15) is 5.70 Å². The first-order valence-corrected chi connectivity index (χ1v) is 7.87. The molecular formula is C16H17NO4S. The lowest BCUT2D eigenvalue weighted by Crippen LogP contribution is -2.65.